The number of nitrogens with zero attached hydrogens (tertiary/aromatic N) is 2. The molecule has 1 aromatic carbocycles. The van der Waals surface area contributed by atoms with Crippen molar-refractivity contribution in [2.75, 3.05) is 7.11 Å². The lowest BCUT2D eigenvalue weighted by Crippen LogP contribution is -2.39. The van der Waals surface area contributed by atoms with Gasteiger partial charge in [0.25, 0.3) is 0 Å². The Kier molecular flexibility index (Phi) is 5.32. The molecule has 1 saturated carbocycles. The van der Waals surface area contributed by atoms with Crippen LogP contribution in [0, 0.1) is 35.7 Å². The predicted molar refractivity (Wildman–Crippen MR) is 112 cm³/mol. The van der Waals surface area contributed by atoms with E-state index in [0.29, 0.717) is 35.2 Å². The number of hydrogen-bond donors (Lipinski definition) is 3. The molecule has 5 unspecified atom stereocenters. The fourth-order valence-electron chi connectivity index (χ4n) is 5.18. The maximum Gasteiger partial charge on any atom is 0.197 e. The molecule has 2 aliphatic heterocycles. The maximum absolute atomic E-state index is 9.93. The van der Waals surface area contributed by atoms with Crippen LogP contribution in [0.4, 0.5) is 0 Å². The van der Waals surface area contributed by atoms with Crippen LogP contribution in [0.25, 0.3) is 10.5 Å². The summed E-state index contributed by atoms with van der Waals surface area (Å²) in [6.07, 6.45) is 3.10. The van der Waals surface area contributed by atoms with Gasteiger partial charge in [0.05, 0.1) is 19.8 Å². The smallest absolute Gasteiger partial charge is 0.197 e. The van der Waals surface area contributed by atoms with Crippen molar-refractivity contribution in [2.24, 2.45) is 17.8 Å². The second-order valence-electron chi connectivity index (χ2n) is 8.27. The summed E-state index contributed by atoms with van der Waals surface area (Å²) >= 11 is 0. The van der Waals surface area contributed by atoms with Crippen LogP contribution in [0.1, 0.15) is 38.7 Å². The van der Waals surface area contributed by atoms with Gasteiger partial charge in [-0.25, -0.2) is 4.85 Å². The number of hydrogen-bond acceptors (Lipinski definition) is 5. The van der Waals surface area contributed by atoms with Crippen molar-refractivity contribution in [3.63, 3.8) is 0 Å². The molecule has 0 bridgehead atoms. The fraction of sp³-hybridized carbons (Fsp3) is 0.478. The molecule has 150 valence electrons. The Hall–Kier alpha value is -2.80. The highest BCUT2D eigenvalue weighted by atomic mass is 16.5. The van der Waals surface area contributed by atoms with Crippen molar-refractivity contribution in [1.82, 2.24) is 16.2 Å². The van der Waals surface area contributed by atoms with E-state index in [1.165, 1.54) is 0 Å². The van der Waals surface area contributed by atoms with Crippen LogP contribution in [0.5, 0.6) is 5.75 Å². The summed E-state index contributed by atoms with van der Waals surface area (Å²) in [6, 6.07) is 11.1. The van der Waals surface area contributed by atoms with E-state index in [1.807, 2.05) is 31.2 Å². The molecular weight excluding hydrogens is 362 g/mol. The monoisotopic (exact) mass is 389 g/mol. The molecule has 1 aromatic rings. The van der Waals surface area contributed by atoms with Gasteiger partial charge in [0, 0.05) is 35.0 Å². The third-order valence-corrected chi connectivity index (χ3v) is 6.75. The molecular formula is C23H27N5O. The molecule has 0 spiro atoms. The average molecular weight is 390 g/mol. The van der Waals surface area contributed by atoms with E-state index in [9.17, 15) is 5.26 Å². The lowest BCUT2D eigenvalue weighted by Gasteiger charge is -2.39. The first-order valence-electron chi connectivity index (χ1n) is 10.2. The second kappa shape index (κ2) is 7.91. The molecule has 29 heavy (non-hydrogen) atoms. The molecule has 6 nitrogen and oxygen atoms in total. The van der Waals surface area contributed by atoms with Crippen LogP contribution in [-0.2, 0) is 0 Å². The zero-order chi connectivity index (χ0) is 20.5. The molecule has 2 fully saturated rings. The SMILES string of the molecule is [C-]#[N+]C1=C(c2ccc(OC)cc2)NC(C)=C(C#N)C1C1CCC2NNC(C)C2C1. The largest absolute Gasteiger partial charge is 0.497 e. The summed E-state index contributed by atoms with van der Waals surface area (Å²) in [7, 11) is 1.64. The maximum atomic E-state index is 9.93. The molecule has 1 saturated heterocycles. The van der Waals surface area contributed by atoms with Gasteiger partial charge < -0.3 is 10.1 Å². The zero-order valence-corrected chi connectivity index (χ0v) is 17.1. The Labute approximate surface area is 172 Å². The number of benzene rings is 1. The second-order valence-corrected chi connectivity index (χ2v) is 8.27. The number of methoxy groups -OCH3 is 1. The summed E-state index contributed by atoms with van der Waals surface area (Å²) < 4.78 is 5.27. The number of fused-ring (bicyclic) bond motifs is 1. The number of allylic oxidation sites excluding steroid dienone is 2. The summed E-state index contributed by atoms with van der Waals surface area (Å²) in [4.78, 5) is 3.96. The van der Waals surface area contributed by atoms with Crippen LogP contribution in [0.15, 0.2) is 41.2 Å². The van der Waals surface area contributed by atoms with Crippen LogP contribution in [0.2, 0.25) is 0 Å². The van der Waals surface area contributed by atoms with Gasteiger partial charge in [0.15, 0.2) is 5.70 Å². The Bertz CT molecular complexity index is 934. The van der Waals surface area contributed by atoms with Crippen LogP contribution < -0.4 is 20.9 Å². The lowest BCUT2D eigenvalue weighted by atomic mass is 9.68. The molecule has 6 heteroatoms. The van der Waals surface area contributed by atoms with Crippen LogP contribution in [0.3, 0.4) is 0 Å². The lowest BCUT2D eigenvalue weighted by molar-refractivity contribution is 0.207. The Morgan fingerprint density at radius 2 is 1.97 bits per heavy atom. The van der Waals surface area contributed by atoms with Crippen LogP contribution >= 0.6 is 0 Å². The topological polar surface area (TPSA) is 73.5 Å². The molecule has 1 aliphatic carbocycles. The van der Waals surface area contributed by atoms with Gasteiger partial charge >= 0.3 is 0 Å². The number of nitriles is 1. The number of hydrazine groups is 1. The van der Waals surface area contributed by atoms with Crippen molar-refractivity contribution in [2.45, 2.75) is 45.2 Å². The van der Waals surface area contributed by atoms with Gasteiger partial charge in [0.2, 0.25) is 0 Å². The minimum atomic E-state index is -0.149. The first-order valence-corrected chi connectivity index (χ1v) is 10.2. The van der Waals surface area contributed by atoms with Gasteiger partial charge in [-0.15, -0.1) is 0 Å². The minimum Gasteiger partial charge on any atom is -0.497 e. The summed E-state index contributed by atoms with van der Waals surface area (Å²) in [5.41, 5.74) is 10.8. The standard InChI is InChI=1S/C23H27N5O/c1-13-19(12-24)21(16-7-10-20-18(11-16)14(2)27-28-20)23(25-3)22(26-13)15-5-8-17(29-4)9-6-15/h5-6,8-9,14,16,18,20-21,26-28H,7,10-11H2,1-2,4H3. The number of dihydropyridines is 1. The first kappa shape index (κ1) is 19.5. The van der Waals surface area contributed by atoms with Gasteiger partial charge in [0.1, 0.15) is 5.75 Å². The first-order chi connectivity index (χ1) is 14.1. The minimum absolute atomic E-state index is 0.149. The van der Waals surface area contributed by atoms with Crippen molar-refractivity contribution < 1.29 is 4.74 Å². The fourth-order valence-corrected chi connectivity index (χ4v) is 5.18. The van der Waals surface area contributed by atoms with E-state index < -0.39 is 0 Å². The van der Waals surface area contributed by atoms with E-state index in [0.717, 1.165) is 42.0 Å². The van der Waals surface area contributed by atoms with Gasteiger partial charge in [-0.2, -0.15) is 5.26 Å². The van der Waals surface area contributed by atoms with Gasteiger partial charge in [-0.1, -0.05) is 12.1 Å². The van der Waals surface area contributed by atoms with E-state index in [2.05, 4.69) is 34.0 Å². The predicted octanol–water partition coefficient (Wildman–Crippen LogP) is 3.58. The normalized spacial score (nSPS) is 31.6. The molecule has 4 rings (SSSR count). The molecule has 3 aliphatic rings. The molecule has 3 N–H and O–H groups in total. The van der Waals surface area contributed by atoms with Crippen LogP contribution in [-0.4, -0.2) is 19.2 Å². The van der Waals surface area contributed by atoms with Crippen molar-refractivity contribution in [3.05, 3.63) is 58.2 Å². The molecule has 0 aromatic heterocycles. The average Bonchev–Trinajstić information content (AvgIpc) is 3.13. The summed E-state index contributed by atoms with van der Waals surface area (Å²) in [5, 5.41) is 13.3. The third-order valence-electron chi connectivity index (χ3n) is 6.75. The highest BCUT2D eigenvalue weighted by Crippen LogP contribution is 2.46. The van der Waals surface area contributed by atoms with Crippen molar-refractivity contribution in [3.8, 4) is 11.8 Å². The van der Waals surface area contributed by atoms with E-state index in [1.54, 1.807) is 7.11 Å². The van der Waals surface area contributed by atoms with E-state index in [-0.39, 0.29) is 5.92 Å². The molecule has 0 amide bonds. The molecule has 0 radical (unpaired) electrons. The number of rotatable bonds is 3. The highest BCUT2D eigenvalue weighted by molar-refractivity contribution is 5.74. The Morgan fingerprint density at radius 3 is 2.62 bits per heavy atom. The van der Waals surface area contributed by atoms with Crippen molar-refractivity contribution >= 4 is 5.70 Å². The summed E-state index contributed by atoms with van der Waals surface area (Å²) in [6.45, 7) is 12.1. The van der Waals surface area contributed by atoms with Gasteiger partial charge in [-0.05, 0) is 62.6 Å². The Balaban J connectivity index is 1.74. The molecule has 2 heterocycles. The van der Waals surface area contributed by atoms with E-state index in [4.69, 9.17) is 11.3 Å². The van der Waals surface area contributed by atoms with E-state index >= 15 is 0 Å². The number of ether oxygens (including phenoxy) is 1. The quantitative estimate of drug-likeness (QED) is 0.689. The van der Waals surface area contributed by atoms with Crippen molar-refractivity contribution in [1.29, 1.82) is 5.26 Å². The highest BCUT2D eigenvalue weighted by Gasteiger charge is 2.44. The number of nitrogens with one attached hydrogen (secondary N) is 3. The zero-order valence-electron chi connectivity index (χ0n) is 17.1. The van der Waals surface area contributed by atoms with Gasteiger partial charge in [-0.3, -0.25) is 10.9 Å². The Morgan fingerprint density at radius 1 is 1.21 bits per heavy atom. The summed E-state index contributed by atoms with van der Waals surface area (Å²) in [5.74, 6) is 1.46. The molecule has 5 atom stereocenters. The third kappa shape index (κ3) is 3.40.